The molecule has 0 saturated carbocycles. The van der Waals surface area contributed by atoms with Gasteiger partial charge in [-0.2, -0.15) is 0 Å². The lowest BCUT2D eigenvalue weighted by molar-refractivity contribution is -0.119. The van der Waals surface area contributed by atoms with Crippen LogP contribution in [-0.2, 0) is 11.3 Å². The molecule has 2 aromatic rings. The minimum Gasteiger partial charge on any atom is -0.464 e. The second kappa shape index (κ2) is 4.37. The zero-order valence-electron chi connectivity index (χ0n) is 9.07. The number of nitrogens with two attached hydrogens (primary N) is 1. The molecule has 0 unspecified atom stereocenters. The van der Waals surface area contributed by atoms with Crippen molar-refractivity contribution in [3.63, 3.8) is 0 Å². The first-order valence-corrected chi connectivity index (χ1v) is 5.16. The van der Waals surface area contributed by atoms with Crippen molar-refractivity contribution in [2.24, 2.45) is 5.73 Å². The zero-order chi connectivity index (χ0) is 11.5. The van der Waals surface area contributed by atoms with E-state index in [0.717, 1.165) is 16.5 Å². The summed E-state index contributed by atoms with van der Waals surface area (Å²) in [5.74, 6) is -0.354. The monoisotopic (exact) mass is 218 g/mol. The van der Waals surface area contributed by atoms with Crippen LogP contribution in [0.1, 0.15) is 12.5 Å². The molecule has 0 fully saturated rings. The molecule has 3 N–H and O–H groups in total. The van der Waals surface area contributed by atoms with E-state index in [4.69, 9.17) is 10.2 Å². The Kier molecular flexibility index (Phi) is 2.92. The number of fused-ring (bicyclic) bond motifs is 1. The van der Waals surface area contributed by atoms with Crippen molar-refractivity contribution in [2.75, 3.05) is 0 Å². The molecule has 4 nitrogen and oxygen atoms in total. The summed E-state index contributed by atoms with van der Waals surface area (Å²) < 4.78 is 5.39. The maximum atomic E-state index is 10.9. The number of benzene rings is 1. The lowest BCUT2D eigenvalue weighted by Gasteiger charge is -2.08. The molecule has 84 valence electrons. The fourth-order valence-electron chi connectivity index (χ4n) is 1.53. The number of primary amides is 1. The molecule has 1 amide bonds. The number of amides is 1. The number of furan rings is 1. The zero-order valence-corrected chi connectivity index (χ0v) is 9.07. The summed E-state index contributed by atoms with van der Waals surface area (Å²) in [7, 11) is 0. The van der Waals surface area contributed by atoms with E-state index in [1.165, 1.54) is 0 Å². The number of rotatable bonds is 4. The number of hydrogen-bond donors (Lipinski definition) is 2. The Balaban J connectivity index is 2.13. The van der Waals surface area contributed by atoms with E-state index in [1.54, 1.807) is 13.2 Å². The Morgan fingerprint density at radius 1 is 1.50 bits per heavy atom. The van der Waals surface area contributed by atoms with Gasteiger partial charge in [0.1, 0.15) is 5.58 Å². The lowest BCUT2D eigenvalue weighted by Crippen LogP contribution is -2.38. The van der Waals surface area contributed by atoms with Crippen molar-refractivity contribution < 1.29 is 9.21 Å². The number of hydrogen-bond acceptors (Lipinski definition) is 3. The average Bonchev–Trinajstić information content (AvgIpc) is 2.69. The normalized spacial score (nSPS) is 12.8. The van der Waals surface area contributed by atoms with E-state index in [1.807, 2.05) is 24.3 Å². The van der Waals surface area contributed by atoms with Crippen LogP contribution in [0.3, 0.4) is 0 Å². The molecule has 0 aliphatic carbocycles. The minimum absolute atomic E-state index is 0.339. The summed E-state index contributed by atoms with van der Waals surface area (Å²) in [6.07, 6.45) is 1.70. The standard InChI is InChI=1S/C12H14N2O2/c1-8(12(13)15)14-6-9-7-16-11-5-3-2-4-10(9)11/h2-5,7-8,14H,6H2,1H3,(H2,13,15)/t8-/m0/s1. The van der Waals surface area contributed by atoms with Crippen molar-refractivity contribution in [2.45, 2.75) is 19.5 Å². The summed E-state index contributed by atoms with van der Waals surface area (Å²) in [6.45, 7) is 2.31. The van der Waals surface area contributed by atoms with Crippen LogP contribution in [0.2, 0.25) is 0 Å². The van der Waals surface area contributed by atoms with Gasteiger partial charge in [-0.05, 0) is 13.0 Å². The maximum Gasteiger partial charge on any atom is 0.234 e. The Hall–Kier alpha value is -1.81. The predicted molar refractivity (Wildman–Crippen MR) is 61.7 cm³/mol. The van der Waals surface area contributed by atoms with Crippen molar-refractivity contribution in [3.05, 3.63) is 36.1 Å². The van der Waals surface area contributed by atoms with Gasteiger partial charge in [-0.1, -0.05) is 18.2 Å². The van der Waals surface area contributed by atoms with Gasteiger partial charge in [-0.3, -0.25) is 4.79 Å². The highest BCUT2D eigenvalue weighted by molar-refractivity contribution is 5.81. The molecule has 1 atom stereocenters. The van der Waals surface area contributed by atoms with Crippen LogP contribution < -0.4 is 11.1 Å². The van der Waals surface area contributed by atoms with E-state index < -0.39 is 0 Å². The van der Waals surface area contributed by atoms with Gasteiger partial charge in [-0.15, -0.1) is 0 Å². The van der Waals surface area contributed by atoms with Crippen LogP contribution in [0.15, 0.2) is 34.9 Å². The first-order chi connectivity index (χ1) is 7.68. The Labute approximate surface area is 93.4 Å². The van der Waals surface area contributed by atoms with Crippen LogP contribution in [0.5, 0.6) is 0 Å². The van der Waals surface area contributed by atoms with Gasteiger partial charge in [0.15, 0.2) is 0 Å². The van der Waals surface area contributed by atoms with Crippen LogP contribution in [0, 0.1) is 0 Å². The van der Waals surface area contributed by atoms with Crippen molar-refractivity contribution >= 4 is 16.9 Å². The van der Waals surface area contributed by atoms with E-state index >= 15 is 0 Å². The van der Waals surface area contributed by atoms with Crippen molar-refractivity contribution in [3.8, 4) is 0 Å². The van der Waals surface area contributed by atoms with Gasteiger partial charge in [0, 0.05) is 17.5 Å². The molecule has 16 heavy (non-hydrogen) atoms. The highest BCUT2D eigenvalue weighted by Gasteiger charge is 2.09. The third kappa shape index (κ3) is 2.06. The first kappa shape index (κ1) is 10.7. The van der Waals surface area contributed by atoms with E-state index in [-0.39, 0.29) is 11.9 Å². The number of para-hydroxylation sites is 1. The van der Waals surface area contributed by atoms with Gasteiger partial charge in [0.25, 0.3) is 0 Å². The predicted octanol–water partition coefficient (Wildman–Crippen LogP) is 1.40. The Morgan fingerprint density at radius 2 is 2.25 bits per heavy atom. The molecule has 1 aromatic heterocycles. The summed E-state index contributed by atoms with van der Waals surface area (Å²) in [5.41, 5.74) is 7.05. The molecule has 1 aromatic carbocycles. The summed E-state index contributed by atoms with van der Waals surface area (Å²) >= 11 is 0. The molecule has 0 saturated heterocycles. The molecule has 0 bridgehead atoms. The summed E-state index contributed by atoms with van der Waals surface area (Å²) in [4.78, 5) is 10.9. The molecule has 0 radical (unpaired) electrons. The van der Waals surface area contributed by atoms with Crippen LogP contribution in [-0.4, -0.2) is 11.9 Å². The quantitative estimate of drug-likeness (QED) is 0.815. The SMILES string of the molecule is C[C@H](NCc1coc2ccccc12)C(N)=O. The van der Waals surface area contributed by atoms with Crippen molar-refractivity contribution in [1.82, 2.24) is 5.32 Å². The Bertz CT molecular complexity index is 504. The van der Waals surface area contributed by atoms with Crippen molar-refractivity contribution in [1.29, 1.82) is 0 Å². The molecular weight excluding hydrogens is 204 g/mol. The highest BCUT2D eigenvalue weighted by atomic mass is 16.3. The fourth-order valence-corrected chi connectivity index (χ4v) is 1.53. The van der Waals surface area contributed by atoms with Crippen LogP contribution >= 0.6 is 0 Å². The molecule has 1 heterocycles. The second-order valence-corrected chi connectivity index (χ2v) is 3.76. The fraction of sp³-hybridized carbons (Fsp3) is 0.250. The van der Waals surface area contributed by atoms with Gasteiger partial charge >= 0.3 is 0 Å². The minimum atomic E-state index is -0.354. The summed E-state index contributed by atoms with van der Waals surface area (Å²) in [6, 6.07) is 7.45. The van der Waals surface area contributed by atoms with Crippen LogP contribution in [0.25, 0.3) is 11.0 Å². The maximum absolute atomic E-state index is 10.9. The highest BCUT2D eigenvalue weighted by Crippen LogP contribution is 2.20. The lowest BCUT2D eigenvalue weighted by atomic mass is 10.1. The molecule has 4 heteroatoms. The third-order valence-electron chi connectivity index (χ3n) is 2.59. The van der Waals surface area contributed by atoms with Gasteiger partial charge in [0.05, 0.1) is 12.3 Å². The molecule has 0 spiro atoms. The topological polar surface area (TPSA) is 68.3 Å². The Morgan fingerprint density at radius 3 is 3.00 bits per heavy atom. The van der Waals surface area contributed by atoms with Crippen LogP contribution in [0.4, 0.5) is 0 Å². The number of carbonyl (C=O) groups excluding carboxylic acids is 1. The molecule has 0 aliphatic heterocycles. The van der Waals surface area contributed by atoms with E-state index in [2.05, 4.69) is 5.32 Å². The average molecular weight is 218 g/mol. The second-order valence-electron chi connectivity index (χ2n) is 3.76. The third-order valence-corrected chi connectivity index (χ3v) is 2.59. The summed E-state index contributed by atoms with van der Waals surface area (Å²) in [5, 5.41) is 4.10. The number of nitrogens with one attached hydrogen (secondary N) is 1. The largest absolute Gasteiger partial charge is 0.464 e. The van der Waals surface area contributed by atoms with E-state index in [9.17, 15) is 4.79 Å². The van der Waals surface area contributed by atoms with E-state index in [0.29, 0.717) is 6.54 Å². The molecule has 0 aliphatic rings. The molecule has 2 rings (SSSR count). The first-order valence-electron chi connectivity index (χ1n) is 5.16. The van der Waals surface area contributed by atoms with Gasteiger partial charge < -0.3 is 15.5 Å². The van der Waals surface area contributed by atoms with Gasteiger partial charge in [-0.25, -0.2) is 0 Å². The smallest absolute Gasteiger partial charge is 0.234 e. The molecular formula is C12H14N2O2. The number of carbonyl (C=O) groups is 1. The van der Waals surface area contributed by atoms with Gasteiger partial charge in [0.2, 0.25) is 5.91 Å².